The first-order valence-electron chi connectivity index (χ1n) is 11.2. The molecule has 4 rings (SSSR count). The summed E-state index contributed by atoms with van der Waals surface area (Å²) in [6, 6.07) is 13.0. The SMILES string of the molecule is O=C(NCc1ccc(OS(=O)(=O)F)cc1)c1cccc(NCC2NNC(C3CCNCC3)N2)c1. The largest absolute Gasteiger partial charge is 0.488 e. The van der Waals surface area contributed by atoms with E-state index in [1.165, 1.54) is 12.1 Å². The maximum atomic E-state index is 12.6. The number of hydrogen-bond acceptors (Lipinski definition) is 9. The summed E-state index contributed by atoms with van der Waals surface area (Å²) in [7, 11) is -5.06. The highest BCUT2D eigenvalue weighted by Crippen LogP contribution is 2.18. The van der Waals surface area contributed by atoms with Crippen molar-refractivity contribution in [3.63, 3.8) is 0 Å². The van der Waals surface area contributed by atoms with E-state index in [0.717, 1.165) is 31.6 Å². The predicted molar refractivity (Wildman–Crippen MR) is 126 cm³/mol. The van der Waals surface area contributed by atoms with Crippen molar-refractivity contribution in [3.05, 3.63) is 59.7 Å². The van der Waals surface area contributed by atoms with E-state index >= 15 is 0 Å². The molecule has 2 unspecified atom stereocenters. The van der Waals surface area contributed by atoms with Gasteiger partial charge in [-0.1, -0.05) is 22.1 Å². The van der Waals surface area contributed by atoms with E-state index < -0.39 is 10.5 Å². The molecule has 0 aromatic heterocycles. The zero-order valence-corrected chi connectivity index (χ0v) is 19.3. The van der Waals surface area contributed by atoms with Crippen LogP contribution in [0.2, 0.25) is 0 Å². The van der Waals surface area contributed by atoms with E-state index in [0.29, 0.717) is 23.6 Å². The molecule has 0 bridgehead atoms. The van der Waals surface area contributed by atoms with Crippen molar-refractivity contribution in [1.82, 2.24) is 26.8 Å². The van der Waals surface area contributed by atoms with Crippen LogP contribution in [-0.4, -0.2) is 46.3 Å². The van der Waals surface area contributed by atoms with E-state index in [1.807, 2.05) is 12.1 Å². The summed E-state index contributed by atoms with van der Waals surface area (Å²) in [4.78, 5) is 12.6. The zero-order valence-electron chi connectivity index (χ0n) is 18.5. The third-order valence-electron chi connectivity index (χ3n) is 5.86. The Bertz CT molecular complexity index is 1080. The van der Waals surface area contributed by atoms with Gasteiger partial charge in [0.15, 0.2) is 0 Å². The second kappa shape index (κ2) is 11.1. The van der Waals surface area contributed by atoms with E-state index in [-0.39, 0.29) is 30.5 Å². The van der Waals surface area contributed by atoms with Crippen LogP contribution in [0.25, 0.3) is 0 Å². The quantitative estimate of drug-likeness (QED) is 0.283. The summed E-state index contributed by atoms with van der Waals surface area (Å²) in [6.07, 6.45) is 2.59. The van der Waals surface area contributed by atoms with Gasteiger partial charge >= 0.3 is 10.5 Å². The minimum Gasteiger partial charge on any atom is -0.382 e. The van der Waals surface area contributed by atoms with Crippen molar-refractivity contribution in [2.24, 2.45) is 5.92 Å². The number of anilines is 1. The molecule has 2 aromatic rings. The van der Waals surface area contributed by atoms with Gasteiger partial charge in [-0.05, 0) is 67.7 Å². The molecule has 0 spiro atoms. The van der Waals surface area contributed by atoms with Gasteiger partial charge in [-0.2, -0.15) is 8.42 Å². The van der Waals surface area contributed by atoms with Gasteiger partial charge < -0.3 is 20.1 Å². The van der Waals surface area contributed by atoms with E-state index in [1.54, 1.807) is 24.3 Å². The topological polar surface area (TPSA) is 133 Å². The Morgan fingerprint density at radius 1 is 1.09 bits per heavy atom. The molecule has 12 heteroatoms. The van der Waals surface area contributed by atoms with Gasteiger partial charge in [-0.25, -0.2) is 10.9 Å². The molecule has 2 saturated heterocycles. The monoisotopic (exact) mass is 492 g/mol. The van der Waals surface area contributed by atoms with Crippen LogP contribution in [-0.2, 0) is 17.0 Å². The number of amides is 1. The Kier molecular flexibility index (Phi) is 7.95. The summed E-state index contributed by atoms with van der Waals surface area (Å²) < 4.78 is 37.8. The minimum atomic E-state index is -5.06. The van der Waals surface area contributed by atoms with Crippen molar-refractivity contribution in [2.75, 3.05) is 25.0 Å². The molecule has 0 aliphatic carbocycles. The molecular weight excluding hydrogens is 463 g/mol. The Morgan fingerprint density at radius 3 is 2.59 bits per heavy atom. The third kappa shape index (κ3) is 7.11. The molecule has 1 amide bonds. The highest BCUT2D eigenvalue weighted by Gasteiger charge is 2.30. The smallest absolute Gasteiger partial charge is 0.382 e. The Morgan fingerprint density at radius 2 is 1.85 bits per heavy atom. The number of piperidine rings is 1. The van der Waals surface area contributed by atoms with Gasteiger partial charge in [-0.15, -0.1) is 0 Å². The van der Waals surface area contributed by atoms with Gasteiger partial charge in [0.2, 0.25) is 0 Å². The molecule has 0 saturated carbocycles. The fraction of sp³-hybridized carbons (Fsp3) is 0.409. The molecule has 2 aromatic carbocycles. The number of hydrazine groups is 1. The predicted octanol–water partition coefficient (Wildman–Crippen LogP) is 0.971. The number of hydrogen-bond donors (Lipinski definition) is 6. The lowest BCUT2D eigenvalue weighted by atomic mass is 9.95. The molecule has 34 heavy (non-hydrogen) atoms. The molecule has 184 valence electrons. The van der Waals surface area contributed by atoms with E-state index in [2.05, 4.69) is 36.3 Å². The average Bonchev–Trinajstić information content (AvgIpc) is 3.31. The van der Waals surface area contributed by atoms with Gasteiger partial charge in [0.1, 0.15) is 5.75 Å². The van der Waals surface area contributed by atoms with Gasteiger partial charge in [0.05, 0.1) is 12.3 Å². The van der Waals surface area contributed by atoms with Crippen molar-refractivity contribution < 1.29 is 21.3 Å². The second-order valence-corrected chi connectivity index (χ2v) is 9.29. The molecule has 2 aliphatic heterocycles. The number of halogens is 1. The standard InChI is InChI=1S/C22H29FN6O4S/c23-34(31,32)33-19-6-4-15(5-7-19)13-26-22(30)17-2-1-3-18(12-17)25-14-20-27-21(29-28-20)16-8-10-24-11-9-16/h1-7,12,16,20-21,24-25,27-29H,8-11,13-14H2,(H,26,30). The van der Waals surface area contributed by atoms with E-state index in [4.69, 9.17) is 0 Å². The van der Waals surface area contributed by atoms with Crippen LogP contribution in [0.4, 0.5) is 9.57 Å². The molecule has 2 fully saturated rings. The lowest BCUT2D eigenvalue weighted by molar-refractivity contribution is 0.0951. The third-order valence-corrected chi connectivity index (χ3v) is 6.25. The van der Waals surface area contributed by atoms with E-state index in [9.17, 15) is 17.1 Å². The molecule has 0 radical (unpaired) electrons. The highest BCUT2D eigenvalue weighted by atomic mass is 32.3. The van der Waals surface area contributed by atoms with Gasteiger partial charge in [0, 0.05) is 24.3 Å². The molecule has 2 heterocycles. The number of rotatable bonds is 9. The summed E-state index contributed by atoms with van der Waals surface area (Å²) in [6.45, 7) is 2.96. The zero-order chi connectivity index (χ0) is 24.0. The number of carbonyl (C=O) groups is 1. The van der Waals surface area contributed by atoms with Crippen LogP contribution in [0.1, 0.15) is 28.8 Å². The van der Waals surface area contributed by atoms with Crippen LogP contribution >= 0.6 is 0 Å². The van der Waals surface area contributed by atoms with Crippen LogP contribution < -0.4 is 36.3 Å². The Balaban J connectivity index is 1.24. The number of carbonyl (C=O) groups excluding carboxylic acids is 1. The van der Waals surface area contributed by atoms with Crippen LogP contribution in [0.3, 0.4) is 0 Å². The van der Waals surface area contributed by atoms with Gasteiger partial charge in [-0.3, -0.25) is 10.1 Å². The lowest BCUT2D eigenvalue weighted by Crippen LogP contribution is -2.45. The molecule has 6 N–H and O–H groups in total. The first-order valence-corrected chi connectivity index (χ1v) is 12.5. The van der Waals surface area contributed by atoms with Crippen LogP contribution in [0.5, 0.6) is 5.75 Å². The van der Waals surface area contributed by atoms with Crippen molar-refractivity contribution >= 4 is 22.1 Å². The van der Waals surface area contributed by atoms with Crippen molar-refractivity contribution in [1.29, 1.82) is 0 Å². The number of nitrogens with one attached hydrogen (secondary N) is 6. The second-order valence-electron chi connectivity index (χ2n) is 8.34. The Hall–Kier alpha value is -2.77. The summed E-state index contributed by atoms with van der Waals surface area (Å²) in [5, 5.41) is 13.1. The van der Waals surface area contributed by atoms with Crippen LogP contribution in [0.15, 0.2) is 48.5 Å². The summed E-state index contributed by atoms with van der Waals surface area (Å²) in [5.74, 6) is 0.200. The minimum absolute atomic E-state index is 0.0664. The maximum Gasteiger partial charge on any atom is 0.488 e. The average molecular weight is 493 g/mol. The summed E-state index contributed by atoms with van der Waals surface area (Å²) in [5.41, 5.74) is 8.66. The molecular formula is C22H29FN6O4S. The highest BCUT2D eigenvalue weighted by molar-refractivity contribution is 7.81. The van der Waals surface area contributed by atoms with Crippen LogP contribution in [0, 0.1) is 5.92 Å². The fourth-order valence-corrected chi connectivity index (χ4v) is 4.43. The Labute approximate surface area is 198 Å². The number of benzene rings is 2. The molecule has 10 nitrogen and oxygen atoms in total. The first-order chi connectivity index (χ1) is 16.4. The maximum absolute atomic E-state index is 12.6. The van der Waals surface area contributed by atoms with Crippen molar-refractivity contribution in [2.45, 2.75) is 31.7 Å². The fourth-order valence-electron chi connectivity index (χ4n) is 4.08. The van der Waals surface area contributed by atoms with Gasteiger partial charge in [0.25, 0.3) is 5.91 Å². The van der Waals surface area contributed by atoms with Crippen molar-refractivity contribution in [3.8, 4) is 5.75 Å². The normalized spacial score (nSPS) is 21.2. The molecule has 2 atom stereocenters. The first kappa shape index (κ1) is 24.4. The molecule has 2 aliphatic rings. The summed E-state index contributed by atoms with van der Waals surface area (Å²) >= 11 is 0. The lowest BCUT2D eigenvalue weighted by Gasteiger charge is -2.27.